The Balaban J connectivity index is 1.85. The highest BCUT2D eigenvalue weighted by atomic mass is 16.3. The molecule has 1 aliphatic heterocycles. The van der Waals surface area contributed by atoms with Crippen LogP contribution in [0.3, 0.4) is 0 Å². The van der Waals surface area contributed by atoms with Crippen LogP contribution < -0.4 is 0 Å². The minimum Gasteiger partial charge on any atom is -0.396 e. The summed E-state index contributed by atoms with van der Waals surface area (Å²) in [6.45, 7) is 1.29. The minimum absolute atomic E-state index is 0.320. The van der Waals surface area contributed by atoms with Crippen LogP contribution in [0, 0.1) is 5.92 Å². The Kier molecular flexibility index (Phi) is 3.06. The summed E-state index contributed by atoms with van der Waals surface area (Å²) in [6.07, 6.45) is 6.16. The average molecular weight is 197 g/mol. The molecule has 1 aliphatic carbocycles. The van der Waals surface area contributed by atoms with Crippen LogP contribution in [0.2, 0.25) is 0 Å². The number of carbonyl (C=O) groups is 1. The maximum Gasteiger partial charge on any atom is 0.222 e. The molecule has 2 fully saturated rings. The summed E-state index contributed by atoms with van der Waals surface area (Å²) in [5, 5.41) is 9.01. The van der Waals surface area contributed by atoms with E-state index in [0.717, 1.165) is 45.1 Å². The van der Waals surface area contributed by atoms with E-state index in [-0.39, 0.29) is 0 Å². The van der Waals surface area contributed by atoms with Gasteiger partial charge in [-0.25, -0.2) is 0 Å². The Morgan fingerprint density at radius 3 is 2.50 bits per heavy atom. The van der Waals surface area contributed by atoms with Crippen LogP contribution in [0.4, 0.5) is 0 Å². The van der Waals surface area contributed by atoms with Crippen LogP contribution in [0.1, 0.15) is 38.5 Å². The van der Waals surface area contributed by atoms with Crippen molar-refractivity contribution in [2.45, 2.75) is 44.6 Å². The van der Waals surface area contributed by atoms with Gasteiger partial charge in [-0.3, -0.25) is 4.79 Å². The second kappa shape index (κ2) is 4.30. The zero-order valence-corrected chi connectivity index (χ0v) is 8.61. The highest BCUT2D eigenvalue weighted by Gasteiger charge is 2.30. The number of hydrogen-bond donors (Lipinski definition) is 1. The quantitative estimate of drug-likeness (QED) is 0.721. The van der Waals surface area contributed by atoms with Crippen LogP contribution in [0.5, 0.6) is 0 Å². The van der Waals surface area contributed by atoms with Crippen molar-refractivity contribution in [1.82, 2.24) is 4.90 Å². The van der Waals surface area contributed by atoms with Gasteiger partial charge in [0.15, 0.2) is 0 Å². The van der Waals surface area contributed by atoms with Crippen LogP contribution >= 0.6 is 0 Å². The monoisotopic (exact) mass is 197 g/mol. The molecule has 1 heterocycles. The number of rotatable bonds is 2. The summed E-state index contributed by atoms with van der Waals surface area (Å²) < 4.78 is 0. The Morgan fingerprint density at radius 2 is 2.00 bits per heavy atom. The molecular formula is C11H19NO2. The van der Waals surface area contributed by atoms with Gasteiger partial charge in [-0.1, -0.05) is 0 Å². The van der Waals surface area contributed by atoms with Crippen LogP contribution in [-0.4, -0.2) is 35.1 Å². The second-order valence-corrected chi connectivity index (χ2v) is 4.55. The smallest absolute Gasteiger partial charge is 0.222 e. The fourth-order valence-electron chi connectivity index (χ4n) is 2.69. The van der Waals surface area contributed by atoms with E-state index in [1.165, 1.54) is 0 Å². The van der Waals surface area contributed by atoms with Gasteiger partial charge < -0.3 is 10.0 Å². The molecule has 3 heteroatoms. The molecule has 2 rings (SSSR count). The number of hydrogen-bond acceptors (Lipinski definition) is 2. The van der Waals surface area contributed by atoms with Gasteiger partial charge in [0.2, 0.25) is 5.91 Å². The van der Waals surface area contributed by atoms with Crippen molar-refractivity contribution in [2.24, 2.45) is 5.92 Å². The number of aliphatic hydroxyl groups is 1. The Hall–Kier alpha value is -0.570. The van der Waals surface area contributed by atoms with Crippen molar-refractivity contribution >= 4 is 5.91 Å². The van der Waals surface area contributed by atoms with Gasteiger partial charge in [0, 0.05) is 25.6 Å². The zero-order valence-electron chi connectivity index (χ0n) is 8.61. The molecule has 1 N–H and O–H groups in total. The standard InChI is InChI=1S/C11H19NO2/c13-8-9-3-5-10(6-4-9)12-7-1-2-11(12)14/h9-10,13H,1-8H2/t9-,10-. The fraction of sp³-hybridized carbons (Fsp3) is 0.909. The maximum absolute atomic E-state index is 11.5. The van der Waals surface area contributed by atoms with Crippen molar-refractivity contribution in [3.63, 3.8) is 0 Å². The largest absolute Gasteiger partial charge is 0.396 e. The average Bonchev–Trinajstić information content (AvgIpc) is 2.65. The first-order valence-electron chi connectivity index (χ1n) is 5.71. The molecule has 0 unspecified atom stereocenters. The third kappa shape index (κ3) is 1.92. The molecule has 1 saturated heterocycles. The van der Waals surface area contributed by atoms with Gasteiger partial charge in [-0.05, 0) is 38.0 Å². The molecule has 0 aromatic rings. The lowest BCUT2D eigenvalue weighted by atomic mass is 9.86. The second-order valence-electron chi connectivity index (χ2n) is 4.55. The van der Waals surface area contributed by atoms with Gasteiger partial charge in [-0.15, -0.1) is 0 Å². The lowest BCUT2D eigenvalue weighted by molar-refractivity contribution is -0.130. The zero-order chi connectivity index (χ0) is 9.97. The lowest BCUT2D eigenvalue weighted by Crippen LogP contribution is -2.39. The summed E-state index contributed by atoms with van der Waals surface area (Å²) in [6, 6.07) is 0.479. The molecule has 0 aromatic carbocycles. The molecule has 1 saturated carbocycles. The molecule has 1 amide bonds. The lowest BCUT2D eigenvalue weighted by Gasteiger charge is -2.33. The van der Waals surface area contributed by atoms with Crippen molar-refractivity contribution in [1.29, 1.82) is 0 Å². The first kappa shape index (κ1) is 9.97. The fourth-order valence-corrected chi connectivity index (χ4v) is 2.69. The summed E-state index contributed by atoms with van der Waals surface area (Å²) in [5.74, 6) is 0.835. The molecule has 80 valence electrons. The third-order valence-electron chi connectivity index (χ3n) is 3.63. The first-order valence-corrected chi connectivity index (χ1v) is 5.71. The first-order chi connectivity index (χ1) is 6.81. The van der Waals surface area contributed by atoms with E-state index < -0.39 is 0 Å². The van der Waals surface area contributed by atoms with Crippen molar-refractivity contribution in [3.8, 4) is 0 Å². The van der Waals surface area contributed by atoms with E-state index in [9.17, 15) is 4.79 Å². The van der Waals surface area contributed by atoms with E-state index >= 15 is 0 Å². The van der Waals surface area contributed by atoms with Gasteiger partial charge in [0.05, 0.1) is 0 Å². The van der Waals surface area contributed by atoms with E-state index in [1.54, 1.807) is 0 Å². The van der Waals surface area contributed by atoms with E-state index in [0.29, 0.717) is 24.5 Å². The summed E-state index contributed by atoms with van der Waals surface area (Å²) in [5.41, 5.74) is 0. The number of carbonyl (C=O) groups excluding carboxylic acids is 1. The molecule has 2 aliphatic rings. The molecular weight excluding hydrogens is 178 g/mol. The Labute approximate surface area is 85.1 Å². The molecule has 0 bridgehead atoms. The van der Waals surface area contributed by atoms with Gasteiger partial charge >= 0.3 is 0 Å². The predicted octanol–water partition coefficient (Wildman–Crippen LogP) is 1.16. The molecule has 3 nitrogen and oxygen atoms in total. The van der Waals surface area contributed by atoms with Gasteiger partial charge in [0.25, 0.3) is 0 Å². The van der Waals surface area contributed by atoms with Crippen molar-refractivity contribution in [3.05, 3.63) is 0 Å². The highest BCUT2D eigenvalue weighted by Crippen LogP contribution is 2.29. The molecule has 14 heavy (non-hydrogen) atoms. The van der Waals surface area contributed by atoms with Gasteiger partial charge in [0.1, 0.15) is 0 Å². The number of nitrogens with zero attached hydrogens (tertiary/aromatic N) is 1. The van der Waals surface area contributed by atoms with Crippen LogP contribution in [-0.2, 0) is 4.79 Å². The number of likely N-dealkylation sites (tertiary alicyclic amines) is 1. The van der Waals surface area contributed by atoms with Gasteiger partial charge in [-0.2, -0.15) is 0 Å². The minimum atomic E-state index is 0.320. The number of aliphatic hydroxyl groups excluding tert-OH is 1. The SMILES string of the molecule is O=C1CCCN1[C@H]1CC[C@H](CO)CC1. The summed E-state index contributed by atoms with van der Waals surface area (Å²) >= 11 is 0. The highest BCUT2D eigenvalue weighted by molar-refractivity contribution is 5.78. The topological polar surface area (TPSA) is 40.5 Å². The Morgan fingerprint density at radius 1 is 1.29 bits per heavy atom. The normalized spacial score (nSPS) is 33.8. The Bertz CT molecular complexity index is 209. The summed E-state index contributed by atoms with van der Waals surface area (Å²) in [7, 11) is 0. The number of amides is 1. The van der Waals surface area contributed by atoms with Crippen LogP contribution in [0.25, 0.3) is 0 Å². The van der Waals surface area contributed by atoms with E-state index in [2.05, 4.69) is 4.90 Å². The maximum atomic E-state index is 11.5. The molecule has 0 aromatic heterocycles. The molecule has 0 spiro atoms. The van der Waals surface area contributed by atoms with E-state index in [1.807, 2.05) is 0 Å². The van der Waals surface area contributed by atoms with Crippen molar-refractivity contribution in [2.75, 3.05) is 13.2 Å². The molecule has 0 atom stereocenters. The summed E-state index contributed by atoms with van der Waals surface area (Å²) in [4.78, 5) is 13.6. The molecule has 0 radical (unpaired) electrons. The predicted molar refractivity (Wildman–Crippen MR) is 53.8 cm³/mol. The van der Waals surface area contributed by atoms with E-state index in [4.69, 9.17) is 5.11 Å². The van der Waals surface area contributed by atoms with Crippen molar-refractivity contribution < 1.29 is 9.90 Å². The van der Waals surface area contributed by atoms with Crippen LogP contribution in [0.15, 0.2) is 0 Å². The third-order valence-corrected chi connectivity index (χ3v) is 3.63.